The largest absolute Gasteiger partial charge is 0.326 e. The Morgan fingerprint density at radius 3 is 2.11 bits per heavy atom. The van der Waals surface area contributed by atoms with E-state index in [2.05, 4.69) is 15.8 Å². The van der Waals surface area contributed by atoms with E-state index >= 15 is 0 Å². The lowest BCUT2D eigenvalue weighted by molar-refractivity contribution is -0.384. The third-order valence-corrected chi connectivity index (χ3v) is 6.73. The maximum Gasteiger partial charge on any atom is 0.269 e. The van der Waals surface area contributed by atoms with E-state index in [1.54, 1.807) is 49.4 Å². The number of nitro benzene ring substituents is 1. The number of hydrogen-bond acceptors (Lipinski definition) is 7. The number of sulfonamides is 1. The molecule has 12 heteroatoms. The van der Waals surface area contributed by atoms with Gasteiger partial charge in [-0.3, -0.25) is 24.0 Å². The molecule has 3 aromatic carbocycles. The molecule has 2 N–H and O–H groups in total. The van der Waals surface area contributed by atoms with E-state index in [1.807, 2.05) is 0 Å². The summed E-state index contributed by atoms with van der Waals surface area (Å²) in [4.78, 5) is 34.2. The Bertz CT molecular complexity index is 1390. The van der Waals surface area contributed by atoms with Crippen molar-refractivity contribution < 1.29 is 22.9 Å². The zero-order valence-electron chi connectivity index (χ0n) is 19.4. The van der Waals surface area contributed by atoms with Crippen molar-refractivity contribution >= 4 is 44.6 Å². The van der Waals surface area contributed by atoms with Crippen molar-refractivity contribution in [3.63, 3.8) is 0 Å². The number of amides is 2. The van der Waals surface area contributed by atoms with Crippen LogP contribution in [-0.2, 0) is 19.6 Å². The van der Waals surface area contributed by atoms with Crippen molar-refractivity contribution in [1.29, 1.82) is 0 Å². The normalized spacial score (nSPS) is 11.4. The summed E-state index contributed by atoms with van der Waals surface area (Å²) in [5, 5.41) is 17.7. The fourth-order valence-corrected chi connectivity index (χ4v) is 4.59. The predicted octanol–water partition coefficient (Wildman–Crippen LogP) is 3.29. The molecule has 0 saturated carbocycles. The second kappa shape index (κ2) is 11.2. The van der Waals surface area contributed by atoms with Gasteiger partial charge in [-0.05, 0) is 48.9 Å². The average Bonchev–Trinajstić information content (AvgIpc) is 2.86. The van der Waals surface area contributed by atoms with Crippen LogP contribution in [0.2, 0.25) is 0 Å². The van der Waals surface area contributed by atoms with E-state index in [4.69, 9.17) is 0 Å². The number of carbonyl (C=O) groups excluding carboxylic acids is 2. The zero-order valence-corrected chi connectivity index (χ0v) is 20.2. The number of rotatable bonds is 9. The lowest BCUT2D eigenvalue weighted by atomic mass is 10.1. The minimum Gasteiger partial charge on any atom is -0.326 e. The van der Waals surface area contributed by atoms with Gasteiger partial charge in [0.1, 0.15) is 6.54 Å². The molecule has 36 heavy (non-hydrogen) atoms. The molecule has 0 aliphatic carbocycles. The minimum absolute atomic E-state index is 0.0462. The number of hydrogen-bond donors (Lipinski definition) is 2. The zero-order chi connectivity index (χ0) is 26.3. The smallest absolute Gasteiger partial charge is 0.269 e. The summed E-state index contributed by atoms with van der Waals surface area (Å²) in [5.41, 5.74) is 3.93. The molecule has 0 unspecified atom stereocenters. The van der Waals surface area contributed by atoms with Crippen molar-refractivity contribution in [2.45, 2.75) is 18.7 Å². The Morgan fingerprint density at radius 2 is 1.56 bits per heavy atom. The van der Waals surface area contributed by atoms with Crippen LogP contribution in [0.4, 0.5) is 17.1 Å². The number of hydrazone groups is 1. The molecule has 2 amide bonds. The molecule has 3 rings (SSSR count). The van der Waals surface area contributed by atoms with Gasteiger partial charge in [0.25, 0.3) is 21.6 Å². The number of anilines is 2. The predicted molar refractivity (Wildman–Crippen MR) is 135 cm³/mol. The number of benzene rings is 3. The van der Waals surface area contributed by atoms with Crippen LogP contribution in [0.25, 0.3) is 0 Å². The van der Waals surface area contributed by atoms with Crippen molar-refractivity contribution in [1.82, 2.24) is 5.43 Å². The molecule has 0 saturated heterocycles. The summed E-state index contributed by atoms with van der Waals surface area (Å²) in [6.07, 6.45) is 0. The summed E-state index contributed by atoms with van der Waals surface area (Å²) >= 11 is 0. The minimum atomic E-state index is -4.17. The van der Waals surface area contributed by atoms with Gasteiger partial charge >= 0.3 is 0 Å². The first kappa shape index (κ1) is 26.0. The highest BCUT2D eigenvalue weighted by Gasteiger charge is 2.27. The Morgan fingerprint density at radius 1 is 0.944 bits per heavy atom. The summed E-state index contributed by atoms with van der Waals surface area (Å²) in [7, 11) is -4.17. The molecule has 0 aromatic heterocycles. The van der Waals surface area contributed by atoms with Gasteiger partial charge in [-0.1, -0.05) is 30.3 Å². The third kappa shape index (κ3) is 6.51. The molecule has 0 radical (unpaired) electrons. The fourth-order valence-electron chi connectivity index (χ4n) is 3.15. The van der Waals surface area contributed by atoms with Crippen LogP contribution < -0.4 is 15.0 Å². The Labute approximate surface area is 207 Å². The highest BCUT2D eigenvalue weighted by Crippen LogP contribution is 2.25. The lowest BCUT2D eigenvalue weighted by Gasteiger charge is -2.23. The highest BCUT2D eigenvalue weighted by atomic mass is 32.2. The first-order chi connectivity index (χ1) is 17.1. The molecule has 0 bridgehead atoms. The second-order valence-electron chi connectivity index (χ2n) is 7.59. The Hall–Kier alpha value is -4.58. The maximum atomic E-state index is 13.3. The average molecular weight is 510 g/mol. The van der Waals surface area contributed by atoms with Gasteiger partial charge in [-0.15, -0.1) is 0 Å². The van der Waals surface area contributed by atoms with Crippen LogP contribution in [0.15, 0.2) is 88.9 Å². The van der Waals surface area contributed by atoms with Crippen LogP contribution in [0.3, 0.4) is 0 Å². The van der Waals surface area contributed by atoms with Gasteiger partial charge in [0.2, 0.25) is 5.91 Å². The van der Waals surface area contributed by atoms with E-state index in [-0.39, 0.29) is 22.2 Å². The summed E-state index contributed by atoms with van der Waals surface area (Å²) in [6, 6.07) is 19.1. The van der Waals surface area contributed by atoms with Gasteiger partial charge < -0.3 is 5.32 Å². The SMILES string of the molecule is CC(=O)Nc1ccc(/C(C)=N/NC(=O)CN(c2ccc([N+](=O)[O-])cc2)S(=O)(=O)c2ccccc2)cc1. The topological polar surface area (TPSA) is 151 Å². The number of nitrogens with one attached hydrogen (secondary N) is 2. The molecule has 3 aromatic rings. The first-order valence-electron chi connectivity index (χ1n) is 10.6. The van der Waals surface area contributed by atoms with Crippen molar-refractivity contribution in [3.05, 3.63) is 94.5 Å². The molecular weight excluding hydrogens is 486 g/mol. The van der Waals surface area contributed by atoms with E-state index in [0.717, 1.165) is 16.4 Å². The molecule has 0 aliphatic heterocycles. The standard InChI is InChI=1S/C24H23N5O6S/c1-17(19-8-10-20(11-9-19)25-18(2)30)26-27-24(31)16-28(21-12-14-22(15-13-21)29(32)33)36(34,35)23-6-4-3-5-7-23/h3-15H,16H2,1-2H3,(H,25,30)(H,27,31)/b26-17+. The third-order valence-electron chi connectivity index (χ3n) is 4.94. The monoisotopic (exact) mass is 509 g/mol. The molecular formula is C24H23N5O6S. The number of non-ortho nitro benzene ring substituents is 1. The maximum absolute atomic E-state index is 13.3. The quantitative estimate of drug-likeness (QED) is 0.257. The van der Waals surface area contributed by atoms with Crippen molar-refractivity contribution in [2.75, 3.05) is 16.2 Å². The summed E-state index contributed by atoms with van der Waals surface area (Å²) in [5.74, 6) is -0.925. The van der Waals surface area contributed by atoms with Crippen LogP contribution in [0, 0.1) is 10.1 Å². The molecule has 0 atom stereocenters. The molecule has 0 spiro atoms. The lowest BCUT2D eigenvalue weighted by Crippen LogP contribution is -2.39. The van der Waals surface area contributed by atoms with Gasteiger partial charge in [0.05, 0.1) is 21.2 Å². The Kier molecular flexibility index (Phi) is 8.12. The Balaban J connectivity index is 1.82. The molecule has 186 valence electrons. The number of carbonyl (C=O) groups is 2. The summed E-state index contributed by atoms with van der Waals surface area (Å²) < 4.78 is 27.5. The number of nitrogens with zero attached hydrogens (tertiary/aromatic N) is 3. The first-order valence-corrected chi connectivity index (χ1v) is 12.1. The van der Waals surface area contributed by atoms with Crippen LogP contribution in [0.1, 0.15) is 19.4 Å². The second-order valence-corrected chi connectivity index (χ2v) is 9.45. The highest BCUT2D eigenvalue weighted by molar-refractivity contribution is 7.92. The van der Waals surface area contributed by atoms with E-state index < -0.39 is 27.4 Å². The van der Waals surface area contributed by atoms with Crippen LogP contribution >= 0.6 is 0 Å². The van der Waals surface area contributed by atoms with E-state index in [1.165, 1.54) is 31.2 Å². The van der Waals surface area contributed by atoms with Gasteiger partial charge in [0.15, 0.2) is 0 Å². The molecule has 11 nitrogen and oxygen atoms in total. The van der Waals surface area contributed by atoms with Gasteiger partial charge in [-0.25, -0.2) is 13.8 Å². The molecule has 0 aliphatic rings. The molecule has 0 fully saturated rings. The summed E-state index contributed by atoms with van der Waals surface area (Å²) in [6.45, 7) is 2.43. The van der Waals surface area contributed by atoms with Crippen LogP contribution in [-0.4, -0.2) is 37.4 Å². The van der Waals surface area contributed by atoms with Crippen molar-refractivity contribution in [3.8, 4) is 0 Å². The van der Waals surface area contributed by atoms with Crippen LogP contribution in [0.5, 0.6) is 0 Å². The molecule has 0 heterocycles. The number of nitro groups is 1. The van der Waals surface area contributed by atoms with Gasteiger partial charge in [-0.2, -0.15) is 5.10 Å². The fraction of sp³-hybridized carbons (Fsp3) is 0.125. The van der Waals surface area contributed by atoms with E-state index in [9.17, 15) is 28.1 Å². The van der Waals surface area contributed by atoms with E-state index in [0.29, 0.717) is 17.0 Å². The van der Waals surface area contributed by atoms with Crippen molar-refractivity contribution in [2.24, 2.45) is 5.10 Å². The van der Waals surface area contributed by atoms with Gasteiger partial charge in [0, 0.05) is 24.7 Å².